The Morgan fingerprint density at radius 3 is 2.63 bits per heavy atom. The fraction of sp³-hybridized carbons (Fsp3) is 0.368. The van der Waals surface area contributed by atoms with E-state index in [-0.39, 0.29) is 5.69 Å². The summed E-state index contributed by atoms with van der Waals surface area (Å²) in [5.41, 5.74) is 2.71. The number of aliphatic hydroxyl groups excluding tert-OH is 1. The van der Waals surface area contributed by atoms with E-state index >= 15 is 0 Å². The van der Waals surface area contributed by atoms with E-state index in [2.05, 4.69) is 10.3 Å². The molecule has 0 aliphatic carbocycles. The number of aliphatic hydroxyl groups is 1. The van der Waals surface area contributed by atoms with Crippen molar-refractivity contribution in [3.8, 4) is 11.5 Å². The monoisotopic (exact) mass is 374 g/mol. The van der Waals surface area contributed by atoms with E-state index in [0.29, 0.717) is 47.2 Å². The summed E-state index contributed by atoms with van der Waals surface area (Å²) in [5, 5.41) is 12.4. The first kappa shape index (κ1) is 18.8. The van der Waals surface area contributed by atoms with Gasteiger partial charge in [0.2, 0.25) is 0 Å². The van der Waals surface area contributed by atoms with Gasteiger partial charge in [-0.05, 0) is 38.5 Å². The van der Waals surface area contributed by atoms with Crippen molar-refractivity contribution in [3.63, 3.8) is 0 Å². The number of nitrogens with one attached hydrogen (secondary N) is 2. The van der Waals surface area contributed by atoms with E-state index in [1.807, 2.05) is 0 Å². The van der Waals surface area contributed by atoms with Crippen molar-refractivity contribution in [2.75, 3.05) is 25.1 Å². The molecule has 1 amide bonds. The second kappa shape index (κ2) is 7.71. The van der Waals surface area contributed by atoms with E-state index in [4.69, 9.17) is 14.2 Å². The summed E-state index contributed by atoms with van der Waals surface area (Å²) in [4.78, 5) is 27.2. The molecule has 1 aliphatic heterocycles. The van der Waals surface area contributed by atoms with Crippen LogP contribution in [0.4, 0.5) is 5.69 Å². The van der Waals surface area contributed by atoms with Crippen LogP contribution in [0.25, 0.3) is 0 Å². The predicted molar refractivity (Wildman–Crippen MR) is 97.2 cm³/mol. The number of aryl methyl sites for hydroxylation is 1. The highest BCUT2D eigenvalue weighted by Crippen LogP contribution is 2.32. The van der Waals surface area contributed by atoms with Crippen LogP contribution in [0.15, 0.2) is 18.2 Å². The molecule has 8 heteroatoms. The number of aromatic nitrogens is 1. The molecule has 27 heavy (non-hydrogen) atoms. The Bertz CT molecular complexity index is 871. The van der Waals surface area contributed by atoms with Crippen LogP contribution in [0.5, 0.6) is 11.5 Å². The van der Waals surface area contributed by atoms with Crippen LogP contribution in [0.1, 0.15) is 40.3 Å². The van der Waals surface area contributed by atoms with Gasteiger partial charge in [0.15, 0.2) is 18.1 Å². The number of fused-ring (bicyclic) bond motifs is 1. The Hall–Kier alpha value is -3.00. The summed E-state index contributed by atoms with van der Waals surface area (Å²) in [6.45, 7) is 5.61. The molecule has 0 fully saturated rings. The summed E-state index contributed by atoms with van der Waals surface area (Å²) >= 11 is 0. The third-order valence-electron chi connectivity index (χ3n) is 4.28. The molecule has 2 aromatic rings. The number of aromatic amines is 1. The molecule has 1 aromatic heterocycles. The van der Waals surface area contributed by atoms with Gasteiger partial charge in [-0.1, -0.05) is 0 Å². The van der Waals surface area contributed by atoms with Gasteiger partial charge in [-0.3, -0.25) is 4.79 Å². The van der Waals surface area contributed by atoms with E-state index in [9.17, 15) is 14.7 Å². The molecule has 3 N–H and O–H groups in total. The van der Waals surface area contributed by atoms with Crippen molar-refractivity contribution in [1.29, 1.82) is 0 Å². The van der Waals surface area contributed by atoms with Gasteiger partial charge in [-0.25, -0.2) is 4.79 Å². The fourth-order valence-electron chi connectivity index (χ4n) is 3.12. The molecule has 1 atom stereocenters. The van der Waals surface area contributed by atoms with E-state index < -0.39 is 24.6 Å². The van der Waals surface area contributed by atoms with E-state index in [0.717, 1.165) is 0 Å². The lowest BCUT2D eigenvalue weighted by Crippen LogP contribution is -2.22. The van der Waals surface area contributed by atoms with E-state index in [1.165, 1.54) is 0 Å². The van der Waals surface area contributed by atoms with Crippen molar-refractivity contribution >= 4 is 17.6 Å². The normalized spacial score (nSPS) is 13.8. The van der Waals surface area contributed by atoms with Crippen LogP contribution in [0.3, 0.4) is 0 Å². The van der Waals surface area contributed by atoms with Crippen LogP contribution >= 0.6 is 0 Å². The van der Waals surface area contributed by atoms with Crippen LogP contribution in [-0.2, 0) is 9.53 Å². The third kappa shape index (κ3) is 4.06. The highest BCUT2D eigenvalue weighted by atomic mass is 16.6. The van der Waals surface area contributed by atoms with Crippen molar-refractivity contribution in [2.45, 2.75) is 26.9 Å². The van der Waals surface area contributed by atoms with Crippen molar-refractivity contribution in [2.24, 2.45) is 0 Å². The minimum absolute atomic E-state index is 0.232. The zero-order valence-electron chi connectivity index (χ0n) is 15.4. The first-order chi connectivity index (χ1) is 12.9. The number of hydrogen-bond acceptors (Lipinski definition) is 6. The average molecular weight is 374 g/mol. The molecule has 0 saturated heterocycles. The first-order valence-corrected chi connectivity index (χ1v) is 8.60. The number of amides is 1. The summed E-state index contributed by atoms with van der Waals surface area (Å²) in [5.74, 6) is 0.0490. The molecule has 0 radical (unpaired) electrons. The molecule has 1 aliphatic rings. The van der Waals surface area contributed by atoms with Gasteiger partial charge in [0.1, 0.15) is 18.9 Å². The summed E-state index contributed by atoms with van der Waals surface area (Å²) in [6, 6.07) is 5.04. The smallest absolute Gasteiger partial charge is 0.355 e. The molecule has 0 bridgehead atoms. The maximum Gasteiger partial charge on any atom is 0.355 e. The number of esters is 1. The number of benzene rings is 1. The number of anilines is 1. The lowest BCUT2D eigenvalue weighted by Gasteiger charge is -2.19. The topological polar surface area (TPSA) is 110 Å². The van der Waals surface area contributed by atoms with Gasteiger partial charge in [0, 0.05) is 23.0 Å². The summed E-state index contributed by atoms with van der Waals surface area (Å²) in [7, 11) is 0. The summed E-state index contributed by atoms with van der Waals surface area (Å²) in [6.07, 6.45) is -0.707. The van der Waals surface area contributed by atoms with Gasteiger partial charge >= 0.3 is 5.97 Å². The zero-order chi connectivity index (χ0) is 19.6. The molecule has 144 valence electrons. The number of rotatable bonds is 5. The van der Waals surface area contributed by atoms with Crippen LogP contribution < -0.4 is 14.8 Å². The minimum Gasteiger partial charge on any atom is -0.486 e. The Morgan fingerprint density at radius 1 is 1.26 bits per heavy atom. The Morgan fingerprint density at radius 2 is 1.96 bits per heavy atom. The molecule has 0 unspecified atom stereocenters. The second-order valence-corrected chi connectivity index (χ2v) is 6.32. The van der Waals surface area contributed by atoms with Crippen LogP contribution in [0, 0.1) is 13.8 Å². The largest absolute Gasteiger partial charge is 0.486 e. The van der Waals surface area contributed by atoms with Crippen molar-refractivity contribution < 1.29 is 28.9 Å². The van der Waals surface area contributed by atoms with Crippen molar-refractivity contribution in [1.82, 2.24) is 4.98 Å². The first-order valence-electron chi connectivity index (χ1n) is 8.60. The van der Waals surface area contributed by atoms with Crippen molar-refractivity contribution in [3.05, 3.63) is 40.7 Å². The molecule has 8 nitrogen and oxygen atoms in total. The van der Waals surface area contributed by atoms with Gasteiger partial charge in [-0.2, -0.15) is 0 Å². The zero-order valence-corrected chi connectivity index (χ0v) is 15.4. The maximum absolute atomic E-state index is 12.3. The predicted octanol–water partition coefficient (Wildman–Crippen LogP) is 2.25. The fourth-order valence-corrected chi connectivity index (χ4v) is 3.12. The number of hydrogen-bond donors (Lipinski definition) is 3. The van der Waals surface area contributed by atoms with Crippen LogP contribution in [-0.4, -0.2) is 41.8 Å². The lowest BCUT2D eigenvalue weighted by atomic mass is 10.1. The number of carbonyl (C=O) groups is 2. The quantitative estimate of drug-likeness (QED) is 0.693. The molecular weight excluding hydrogens is 352 g/mol. The summed E-state index contributed by atoms with van der Waals surface area (Å²) < 4.78 is 16.0. The van der Waals surface area contributed by atoms with Gasteiger partial charge in [-0.15, -0.1) is 0 Å². The molecule has 2 heterocycles. The highest BCUT2D eigenvalue weighted by molar-refractivity contribution is 5.95. The number of ether oxygens (including phenoxy) is 3. The molecule has 1 aromatic carbocycles. The third-order valence-corrected chi connectivity index (χ3v) is 4.28. The van der Waals surface area contributed by atoms with E-state index in [1.54, 1.807) is 39.0 Å². The Labute approximate surface area is 156 Å². The van der Waals surface area contributed by atoms with Crippen LogP contribution in [0.2, 0.25) is 0 Å². The average Bonchev–Trinajstić information content (AvgIpc) is 2.94. The second-order valence-electron chi connectivity index (χ2n) is 6.32. The molecule has 0 spiro atoms. The highest BCUT2D eigenvalue weighted by Gasteiger charge is 2.21. The van der Waals surface area contributed by atoms with Gasteiger partial charge in [0.05, 0.1) is 6.10 Å². The number of carbonyl (C=O) groups excluding carboxylic acids is 2. The Kier molecular flexibility index (Phi) is 5.36. The molecule has 3 rings (SSSR count). The Balaban J connectivity index is 1.59. The SMILES string of the molecule is Cc1[nH]c(C(=O)OCC(=O)Nc2ccc3c(c2)OCCO3)c(C)c1[C@H](C)O. The molecule has 0 saturated carbocycles. The number of H-pyrrole nitrogens is 1. The van der Waals surface area contributed by atoms with Gasteiger partial charge in [0.25, 0.3) is 5.91 Å². The molecular formula is C19H22N2O6. The lowest BCUT2D eigenvalue weighted by molar-refractivity contribution is -0.119. The van der Waals surface area contributed by atoms with Gasteiger partial charge < -0.3 is 29.6 Å². The maximum atomic E-state index is 12.3. The minimum atomic E-state index is -0.707. The standard InChI is InChI=1S/C19H22N2O6/c1-10-17(12(3)22)11(2)20-18(10)19(24)27-9-16(23)21-13-4-5-14-15(8-13)26-7-6-25-14/h4-5,8,12,20,22H,6-7,9H2,1-3H3,(H,21,23)/t12-/m0/s1.